The molecular weight excluding hydrogens is 552 g/mol. The molecule has 0 aliphatic carbocycles. The average Bonchev–Trinajstić information content (AvgIpc) is 2.90. The van der Waals surface area contributed by atoms with Gasteiger partial charge in [-0.05, 0) is 74.4 Å². The molecular formula is C29H37ClN4O5S. The van der Waals surface area contributed by atoms with Crippen LogP contribution in [0.15, 0.2) is 41.3 Å². The van der Waals surface area contributed by atoms with Gasteiger partial charge in [0.25, 0.3) is 10.0 Å². The van der Waals surface area contributed by atoms with E-state index in [1.807, 2.05) is 18.7 Å². The summed E-state index contributed by atoms with van der Waals surface area (Å²) in [6.45, 7) is 9.02. The molecule has 2 N–H and O–H groups in total. The maximum Gasteiger partial charge on any atom is 0.265 e. The summed E-state index contributed by atoms with van der Waals surface area (Å²) in [7, 11) is -4.23. The van der Waals surface area contributed by atoms with Crippen molar-refractivity contribution in [3.05, 3.63) is 52.5 Å². The van der Waals surface area contributed by atoms with Gasteiger partial charge < -0.3 is 15.5 Å². The lowest BCUT2D eigenvalue weighted by molar-refractivity contribution is -0.135. The van der Waals surface area contributed by atoms with Crippen LogP contribution >= 0.6 is 11.6 Å². The van der Waals surface area contributed by atoms with Gasteiger partial charge >= 0.3 is 0 Å². The number of nitrogens with one attached hydrogen (secondary N) is 2. The summed E-state index contributed by atoms with van der Waals surface area (Å²) in [6.07, 6.45) is 2.18. The second-order valence-corrected chi connectivity index (χ2v) is 13.1. The molecule has 2 aliphatic rings. The summed E-state index contributed by atoms with van der Waals surface area (Å²) < 4.78 is 29.2. The number of fused-ring (bicyclic) bond motifs is 1. The van der Waals surface area contributed by atoms with Gasteiger partial charge in [-0.15, -0.1) is 0 Å². The Morgan fingerprint density at radius 3 is 2.45 bits per heavy atom. The third-order valence-electron chi connectivity index (χ3n) is 7.65. The Balaban J connectivity index is 1.47. The Hall–Kier alpha value is -3.11. The van der Waals surface area contributed by atoms with Gasteiger partial charge in [-0.3, -0.25) is 18.7 Å². The summed E-state index contributed by atoms with van der Waals surface area (Å²) >= 11 is 6.22. The highest BCUT2D eigenvalue weighted by molar-refractivity contribution is 7.93. The molecule has 2 aromatic carbocycles. The molecule has 40 heavy (non-hydrogen) atoms. The largest absolute Gasteiger partial charge is 0.356 e. The number of nitrogens with zero attached hydrogens (tertiary/aromatic N) is 2. The molecule has 0 saturated carbocycles. The van der Waals surface area contributed by atoms with Crippen LogP contribution in [0.2, 0.25) is 5.02 Å². The summed E-state index contributed by atoms with van der Waals surface area (Å²) in [6, 6.07) is 8.47. The van der Waals surface area contributed by atoms with Crippen molar-refractivity contribution in [3.63, 3.8) is 0 Å². The van der Waals surface area contributed by atoms with Gasteiger partial charge in [-0.2, -0.15) is 0 Å². The number of likely N-dealkylation sites (tertiary alicyclic amines) is 1. The Bertz CT molecular complexity index is 1400. The predicted molar refractivity (Wildman–Crippen MR) is 156 cm³/mol. The van der Waals surface area contributed by atoms with Crippen LogP contribution in [0, 0.1) is 25.7 Å². The van der Waals surface area contributed by atoms with Crippen molar-refractivity contribution in [1.82, 2.24) is 10.2 Å². The third-order valence-corrected chi connectivity index (χ3v) is 10.0. The van der Waals surface area contributed by atoms with E-state index >= 15 is 0 Å². The number of hydrogen-bond donors (Lipinski definition) is 2. The van der Waals surface area contributed by atoms with E-state index in [4.69, 9.17) is 11.6 Å². The highest BCUT2D eigenvalue weighted by Crippen LogP contribution is 2.38. The lowest BCUT2D eigenvalue weighted by Gasteiger charge is -2.37. The number of anilines is 2. The number of rotatable bonds is 8. The number of aryl methyl sites for hydroxylation is 2. The fourth-order valence-electron chi connectivity index (χ4n) is 5.34. The molecule has 2 heterocycles. The Kier molecular flexibility index (Phi) is 9.09. The molecule has 0 bridgehead atoms. The molecule has 4 rings (SSSR count). The Labute approximate surface area is 241 Å². The highest BCUT2D eigenvalue weighted by atomic mass is 35.5. The molecule has 11 heteroatoms. The first-order chi connectivity index (χ1) is 18.9. The lowest BCUT2D eigenvalue weighted by atomic mass is 9.93. The fourth-order valence-corrected chi connectivity index (χ4v) is 7.49. The van der Waals surface area contributed by atoms with E-state index in [1.54, 1.807) is 44.2 Å². The van der Waals surface area contributed by atoms with Crippen molar-refractivity contribution in [2.45, 2.75) is 64.3 Å². The Morgan fingerprint density at radius 1 is 1.10 bits per heavy atom. The molecule has 216 valence electrons. The highest BCUT2D eigenvalue weighted by Gasteiger charge is 2.42. The van der Waals surface area contributed by atoms with Crippen molar-refractivity contribution >= 4 is 50.7 Å². The fraction of sp³-hybridized carbons (Fsp3) is 0.483. The lowest BCUT2D eigenvalue weighted by Crippen LogP contribution is -2.53. The van der Waals surface area contributed by atoms with Gasteiger partial charge in [0.05, 0.1) is 22.7 Å². The first kappa shape index (κ1) is 29.9. The molecule has 1 fully saturated rings. The van der Waals surface area contributed by atoms with Crippen LogP contribution < -0.4 is 14.9 Å². The summed E-state index contributed by atoms with van der Waals surface area (Å²) in [4.78, 5) is 40.4. The average molecular weight is 589 g/mol. The number of para-hydroxylation sites is 2. The van der Waals surface area contributed by atoms with E-state index in [2.05, 4.69) is 10.6 Å². The van der Waals surface area contributed by atoms with E-state index in [-0.39, 0.29) is 23.1 Å². The van der Waals surface area contributed by atoms with Gasteiger partial charge in [-0.1, -0.05) is 37.6 Å². The summed E-state index contributed by atoms with van der Waals surface area (Å²) in [5.41, 5.74) is 1.70. The molecule has 1 unspecified atom stereocenters. The number of amides is 3. The first-order valence-electron chi connectivity index (χ1n) is 13.7. The summed E-state index contributed by atoms with van der Waals surface area (Å²) in [5.74, 6) is -0.438. The maximum absolute atomic E-state index is 14.1. The van der Waals surface area contributed by atoms with Gasteiger partial charge in [0.15, 0.2) is 0 Å². The topological polar surface area (TPSA) is 116 Å². The zero-order valence-corrected chi connectivity index (χ0v) is 24.9. The molecule has 2 aromatic rings. The normalized spacial score (nSPS) is 17.9. The number of benzene rings is 2. The van der Waals surface area contributed by atoms with Crippen molar-refractivity contribution in [2.24, 2.45) is 11.8 Å². The van der Waals surface area contributed by atoms with Crippen LogP contribution in [-0.2, 0) is 24.4 Å². The number of halogens is 1. The van der Waals surface area contributed by atoms with Gasteiger partial charge in [0.1, 0.15) is 6.04 Å². The monoisotopic (exact) mass is 588 g/mol. The molecule has 3 amide bonds. The van der Waals surface area contributed by atoms with Crippen LogP contribution in [-0.4, -0.2) is 56.7 Å². The van der Waals surface area contributed by atoms with Crippen LogP contribution in [0.1, 0.15) is 50.7 Å². The van der Waals surface area contributed by atoms with E-state index < -0.39 is 27.9 Å². The summed E-state index contributed by atoms with van der Waals surface area (Å²) in [5, 5.41) is 6.08. The van der Waals surface area contributed by atoms with Crippen molar-refractivity contribution in [3.8, 4) is 0 Å². The predicted octanol–water partition coefficient (Wildman–Crippen LogP) is 4.26. The van der Waals surface area contributed by atoms with Crippen molar-refractivity contribution in [2.75, 3.05) is 29.3 Å². The zero-order valence-electron chi connectivity index (χ0n) is 23.4. The van der Waals surface area contributed by atoms with Crippen LogP contribution in [0.3, 0.4) is 0 Å². The third kappa shape index (κ3) is 6.28. The minimum Gasteiger partial charge on any atom is -0.356 e. The molecule has 0 aromatic heterocycles. The molecule has 9 nitrogen and oxygen atoms in total. The number of sulfonamides is 1. The van der Waals surface area contributed by atoms with Crippen LogP contribution in [0.25, 0.3) is 0 Å². The molecule has 2 aliphatic heterocycles. The zero-order chi connectivity index (χ0) is 29.2. The molecule has 1 atom stereocenters. The van der Waals surface area contributed by atoms with Gasteiger partial charge in [-0.25, -0.2) is 8.42 Å². The minimum absolute atomic E-state index is 0.0178. The second kappa shape index (κ2) is 12.2. The first-order valence-corrected chi connectivity index (χ1v) is 15.5. The maximum atomic E-state index is 14.1. The van der Waals surface area contributed by atoms with E-state index in [0.29, 0.717) is 53.1 Å². The SMILES string of the molecule is Cc1cc(S(=O)(=O)N2c3ccccc3NC(=O)C2CC(=O)NCCC2CCN(C(=O)C(C)C)CC2)c(C)cc1Cl. The standard InChI is InChI=1S/C29H37ClN4O5S/c1-18(2)29(37)33-13-10-21(11-14-33)9-12-31-27(35)17-25-28(36)32-23-7-5-6-8-24(23)34(25)40(38,39)26-16-19(3)22(30)15-20(26)4/h5-8,15-16,18,21,25H,9-14,17H2,1-4H3,(H,31,35)(H,32,36). The Morgan fingerprint density at radius 2 is 1.77 bits per heavy atom. The number of hydrogen-bond acceptors (Lipinski definition) is 5. The quantitative estimate of drug-likeness (QED) is 0.478. The number of piperidine rings is 1. The van der Waals surface area contributed by atoms with Gasteiger partial charge in [0, 0.05) is 30.6 Å². The van der Waals surface area contributed by atoms with Crippen LogP contribution in [0.4, 0.5) is 11.4 Å². The number of carbonyl (C=O) groups excluding carboxylic acids is 3. The van der Waals surface area contributed by atoms with Crippen LogP contribution in [0.5, 0.6) is 0 Å². The van der Waals surface area contributed by atoms with Crippen molar-refractivity contribution in [1.29, 1.82) is 0 Å². The van der Waals surface area contributed by atoms with E-state index in [0.717, 1.165) is 23.6 Å². The van der Waals surface area contributed by atoms with E-state index in [9.17, 15) is 22.8 Å². The molecule has 1 saturated heterocycles. The smallest absolute Gasteiger partial charge is 0.265 e. The van der Waals surface area contributed by atoms with E-state index in [1.165, 1.54) is 6.07 Å². The number of carbonyl (C=O) groups is 3. The minimum atomic E-state index is -4.23. The molecule has 0 spiro atoms. The second-order valence-electron chi connectivity index (χ2n) is 11.0. The van der Waals surface area contributed by atoms with Gasteiger partial charge in [0.2, 0.25) is 17.7 Å². The molecule has 0 radical (unpaired) electrons. The van der Waals surface area contributed by atoms with Crippen molar-refractivity contribution < 1.29 is 22.8 Å².